The monoisotopic (exact) mass is 543 g/mol. The summed E-state index contributed by atoms with van der Waals surface area (Å²) in [6.07, 6.45) is 5.94. The first-order chi connectivity index (χ1) is 15.1. The molecule has 0 heterocycles. The van der Waals surface area contributed by atoms with Gasteiger partial charge in [0.25, 0.3) is 0 Å². The minimum atomic E-state index is -3.08. The number of halogens is 2. The maximum atomic E-state index is 13.7. The van der Waals surface area contributed by atoms with Crippen LogP contribution in [0.2, 0.25) is 5.02 Å². The van der Waals surface area contributed by atoms with E-state index in [0.717, 1.165) is 30.2 Å². The molecule has 4 bridgehead atoms. The Kier molecular flexibility index (Phi) is 5.53. The van der Waals surface area contributed by atoms with Crippen molar-refractivity contribution in [1.82, 2.24) is 5.32 Å². The summed E-state index contributed by atoms with van der Waals surface area (Å²) < 4.78 is 26.7. The fourth-order valence-corrected chi connectivity index (χ4v) is 8.79. The fourth-order valence-electron chi connectivity index (χ4n) is 7.02. The number of thiol groups is 1. The van der Waals surface area contributed by atoms with Gasteiger partial charge in [0.2, 0.25) is 22.7 Å². The van der Waals surface area contributed by atoms with Crippen LogP contribution in [0.3, 0.4) is 0 Å². The molecule has 5 saturated carbocycles. The van der Waals surface area contributed by atoms with Crippen molar-refractivity contribution in [2.24, 2.45) is 28.9 Å². The standard InChI is InChI=1S/C22H27BrClN3O4S/c23-15-2-3-17(16(24)8-15)27(32(30)31)22(4-1-5-22)20(29)26-18-13-6-12-7-14(18)11-21(9-12,10-13)19(25)28/h2-3,8,12-14,18,32H,1,4-7,9-11H2,(H2,25,28)(H,26,29). The summed E-state index contributed by atoms with van der Waals surface area (Å²) in [6.45, 7) is 0. The van der Waals surface area contributed by atoms with Crippen molar-refractivity contribution in [3.8, 4) is 0 Å². The van der Waals surface area contributed by atoms with Crippen molar-refractivity contribution in [3.05, 3.63) is 27.7 Å². The molecule has 2 amide bonds. The lowest BCUT2D eigenvalue weighted by atomic mass is 9.47. The molecule has 32 heavy (non-hydrogen) atoms. The zero-order chi connectivity index (χ0) is 22.8. The van der Waals surface area contributed by atoms with Crippen LogP contribution in [-0.2, 0) is 20.5 Å². The second-order valence-electron chi connectivity index (χ2n) is 10.1. The number of nitrogens with two attached hydrogens (primary N) is 1. The Bertz CT molecular complexity index is 1040. The smallest absolute Gasteiger partial charge is 0.247 e. The number of amides is 2. The van der Waals surface area contributed by atoms with E-state index in [4.69, 9.17) is 17.3 Å². The highest BCUT2D eigenvalue weighted by atomic mass is 79.9. The molecule has 5 aliphatic carbocycles. The zero-order valence-corrected chi connectivity index (χ0v) is 20.8. The van der Waals surface area contributed by atoms with Crippen LogP contribution in [0.1, 0.15) is 51.4 Å². The summed E-state index contributed by atoms with van der Waals surface area (Å²) in [5, 5.41) is 3.52. The molecule has 0 aliphatic heterocycles. The van der Waals surface area contributed by atoms with Crippen molar-refractivity contribution >= 4 is 55.9 Å². The number of benzene rings is 1. The Balaban J connectivity index is 1.42. The van der Waals surface area contributed by atoms with E-state index in [0.29, 0.717) is 37.3 Å². The molecule has 6 rings (SSSR count). The van der Waals surface area contributed by atoms with Crippen LogP contribution in [-0.4, -0.2) is 31.8 Å². The van der Waals surface area contributed by atoms with Crippen molar-refractivity contribution in [2.75, 3.05) is 4.31 Å². The third kappa shape index (κ3) is 3.38. The van der Waals surface area contributed by atoms with E-state index in [9.17, 15) is 18.0 Å². The predicted molar refractivity (Wildman–Crippen MR) is 126 cm³/mol. The van der Waals surface area contributed by atoms with E-state index in [1.807, 2.05) is 0 Å². The van der Waals surface area contributed by atoms with E-state index >= 15 is 0 Å². The van der Waals surface area contributed by atoms with Crippen LogP contribution in [0.4, 0.5) is 5.69 Å². The first-order valence-corrected chi connectivity index (χ1v) is 13.5. The number of primary amides is 1. The summed E-state index contributed by atoms with van der Waals surface area (Å²) in [5.41, 5.74) is 4.51. The third-order valence-electron chi connectivity index (χ3n) is 8.40. The highest BCUT2D eigenvalue weighted by Crippen LogP contribution is 2.60. The summed E-state index contributed by atoms with van der Waals surface area (Å²) in [7, 11) is -3.08. The number of carbonyl (C=O) groups is 2. The molecule has 2 atom stereocenters. The number of hydrogen-bond donors (Lipinski definition) is 3. The molecule has 0 aromatic heterocycles. The van der Waals surface area contributed by atoms with Gasteiger partial charge in [-0.2, -0.15) is 0 Å². The fraction of sp³-hybridized carbons (Fsp3) is 0.636. The molecule has 5 fully saturated rings. The molecule has 0 saturated heterocycles. The average Bonchev–Trinajstić information content (AvgIpc) is 2.67. The highest BCUT2D eigenvalue weighted by molar-refractivity contribution is 9.10. The van der Waals surface area contributed by atoms with Gasteiger partial charge < -0.3 is 11.1 Å². The number of nitrogens with one attached hydrogen (secondary N) is 1. The first-order valence-electron chi connectivity index (χ1n) is 11.2. The third-order valence-corrected chi connectivity index (χ3v) is 10.1. The van der Waals surface area contributed by atoms with Gasteiger partial charge in [-0.05, 0) is 87.3 Å². The SMILES string of the molecule is NC(=O)C12CC3CC(C1)C(NC(=O)C1(N(c4ccc(Br)cc4Cl)[SH](=O)=O)CCC1)C(C3)C2. The largest absolute Gasteiger partial charge is 0.369 e. The molecule has 1 aromatic carbocycles. The Morgan fingerprint density at radius 2 is 1.81 bits per heavy atom. The Labute approximate surface area is 202 Å². The Morgan fingerprint density at radius 3 is 2.31 bits per heavy atom. The molecule has 0 spiro atoms. The van der Waals surface area contributed by atoms with Crippen LogP contribution < -0.4 is 15.4 Å². The number of rotatable bonds is 6. The van der Waals surface area contributed by atoms with E-state index in [2.05, 4.69) is 21.2 Å². The zero-order valence-electron chi connectivity index (χ0n) is 17.6. The van der Waals surface area contributed by atoms with E-state index < -0.39 is 21.8 Å². The van der Waals surface area contributed by atoms with Crippen molar-refractivity contribution < 1.29 is 18.0 Å². The van der Waals surface area contributed by atoms with Crippen LogP contribution in [0.5, 0.6) is 0 Å². The maximum absolute atomic E-state index is 13.7. The predicted octanol–water partition coefficient (Wildman–Crippen LogP) is 3.15. The molecular formula is C22H27BrClN3O4S. The topological polar surface area (TPSA) is 110 Å². The lowest BCUT2D eigenvalue weighted by molar-refractivity contribution is -0.148. The van der Waals surface area contributed by atoms with Gasteiger partial charge in [-0.25, -0.2) is 8.42 Å². The lowest BCUT2D eigenvalue weighted by Gasteiger charge is -2.59. The number of hydrogen-bond acceptors (Lipinski definition) is 4. The quantitative estimate of drug-likeness (QED) is 0.478. The van der Waals surface area contributed by atoms with Gasteiger partial charge in [0, 0.05) is 15.9 Å². The summed E-state index contributed by atoms with van der Waals surface area (Å²) >= 11 is 9.72. The molecule has 7 nitrogen and oxygen atoms in total. The average molecular weight is 545 g/mol. The molecule has 5 aliphatic rings. The molecule has 10 heteroatoms. The second kappa shape index (κ2) is 7.87. The second-order valence-corrected chi connectivity index (χ2v) is 12.3. The van der Waals surface area contributed by atoms with Gasteiger partial charge in [-0.15, -0.1) is 0 Å². The number of anilines is 1. The Hall–Kier alpha value is -1.32. The van der Waals surface area contributed by atoms with E-state index in [1.165, 1.54) is 4.31 Å². The van der Waals surface area contributed by atoms with E-state index in [1.54, 1.807) is 18.2 Å². The van der Waals surface area contributed by atoms with Gasteiger partial charge in [0.1, 0.15) is 5.54 Å². The van der Waals surface area contributed by atoms with Gasteiger partial charge in [-0.3, -0.25) is 13.9 Å². The minimum Gasteiger partial charge on any atom is -0.369 e. The van der Waals surface area contributed by atoms with Crippen LogP contribution in [0, 0.1) is 23.2 Å². The molecule has 2 unspecified atom stereocenters. The van der Waals surface area contributed by atoms with Gasteiger partial charge in [0.15, 0.2) is 0 Å². The molecule has 1 aromatic rings. The Morgan fingerprint density at radius 1 is 1.16 bits per heavy atom. The molecule has 0 radical (unpaired) electrons. The van der Waals surface area contributed by atoms with Crippen LogP contribution in [0.15, 0.2) is 22.7 Å². The summed E-state index contributed by atoms with van der Waals surface area (Å²) in [5.74, 6) is 0.435. The normalized spacial score (nSPS) is 34.2. The molecule has 174 valence electrons. The van der Waals surface area contributed by atoms with Crippen molar-refractivity contribution in [1.29, 1.82) is 0 Å². The first kappa shape index (κ1) is 22.5. The maximum Gasteiger partial charge on any atom is 0.247 e. The van der Waals surface area contributed by atoms with Crippen LogP contribution >= 0.6 is 27.5 Å². The number of carbonyl (C=O) groups excluding carboxylic acids is 2. The summed E-state index contributed by atoms with van der Waals surface area (Å²) in [4.78, 5) is 25.9. The van der Waals surface area contributed by atoms with Crippen LogP contribution in [0.25, 0.3) is 0 Å². The van der Waals surface area contributed by atoms with E-state index in [-0.39, 0.29) is 34.7 Å². The summed E-state index contributed by atoms with van der Waals surface area (Å²) in [6, 6.07) is 4.94. The van der Waals surface area contributed by atoms with Crippen molar-refractivity contribution in [2.45, 2.75) is 62.9 Å². The highest BCUT2D eigenvalue weighted by Gasteiger charge is 2.59. The van der Waals surface area contributed by atoms with Gasteiger partial charge in [-0.1, -0.05) is 27.5 Å². The minimum absolute atomic E-state index is 0.0456. The van der Waals surface area contributed by atoms with Gasteiger partial charge in [0.05, 0.1) is 10.7 Å². The lowest BCUT2D eigenvalue weighted by Crippen LogP contribution is -2.68. The molecular weight excluding hydrogens is 518 g/mol. The van der Waals surface area contributed by atoms with Crippen molar-refractivity contribution in [3.63, 3.8) is 0 Å². The molecule has 3 N–H and O–H groups in total. The number of nitrogens with zero attached hydrogens (tertiary/aromatic N) is 1. The van der Waals surface area contributed by atoms with Gasteiger partial charge >= 0.3 is 0 Å².